The van der Waals surface area contributed by atoms with E-state index < -0.39 is 0 Å². The zero-order valence-electron chi connectivity index (χ0n) is 12.2. The maximum atomic E-state index is 12.7. The minimum atomic E-state index is 0.0654. The topological polar surface area (TPSA) is 52.9 Å². The van der Waals surface area contributed by atoms with E-state index in [9.17, 15) is 10.0 Å². The van der Waals surface area contributed by atoms with Crippen LogP contribution in [-0.4, -0.2) is 23.4 Å². The highest BCUT2D eigenvalue weighted by molar-refractivity contribution is 6.09. The highest BCUT2D eigenvalue weighted by Gasteiger charge is 2.27. The second kappa shape index (κ2) is 6.55. The van der Waals surface area contributed by atoms with Crippen molar-refractivity contribution in [3.05, 3.63) is 29.8 Å². The second-order valence-electron chi connectivity index (χ2n) is 5.17. The standard InChI is InChI=1S/C16H22N2O2/c1-3-12(4-2)16(19)18-11-7-9-14(17-20)13-8-5-6-10-15(13)18/h5-6,8,10,12,20H,3-4,7,9,11H2,1-2H3/b17-14-. The zero-order valence-corrected chi connectivity index (χ0v) is 12.2. The van der Waals surface area contributed by atoms with Crippen LogP contribution in [0.4, 0.5) is 5.69 Å². The van der Waals surface area contributed by atoms with Crippen molar-refractivity contribution in [2.24, 2.45) is 11.1 Å². The number of nitrogens with zero attached hydrogens (tertiary/aromatic N) is 2. The van der Waals surface area contributed by atoms with Crippen LogP contribution in [0.2, 0.25) is 0 Å². The molecule has 1 aromatic carbocycles. The van der Waals surface area contributed by atoms with E-state index in [0.717, 1.165) is 30.5 Å². The molecule has 0 spiro atoms. The smallest absolute Gasteiger partial charge is 0.230 e. The van der Waals surface area contributed by atoms with Gasteiger partial charge in [-0.1, -0.05) is 37.2 Å². The summed E-state index contributed by atoms with van der Waals surface area (Å²) in [5.41, 5.74) is 2.40. The number of carbonyl (C=O) groups is 1. The quantitative estimate of drug-likeness (QED) is 0.678. The van der Waals surface area contributed by atoms with Gasteiger partial charge >= 0.3 is 0 Å². The fraction of sp³-hybridized carbons (Fsp3) is 0.500. The number of hydrogen-bond acceptors (Lipinski definition) is 3. The Kier molecular flexibility index (Phi) is 4.77. The maximum Gasteiger partial charge on any atom is 0.230 e. The van der Waals surface area contributed by atoms with E-state index in [2.05, 4.69) is 19.0 Å². The Morgan fingerprint density at radius 1 is 1.35 bits per heavy atom. The number of hydrogen-bond donors (Lipinski definition) is 1. The van der Waals surface area contributed by atoms with E-state index in [1.807, 2.05) is 29.2 Å². The summed E-state index contributed by atoms with van der Waals surface area (Å²) in [6, 6.07) is 7.69. The molecule has 0 saturated heterocycles. The Morgan fingerprint density at radius 2 is 2.05 bits per heavy atom. The van der Waals surface area contributed by atoms with Gasteiger partial charge in [-0.15, -0.1) is 0 Å². The molecule has 1 aliphatic rings. The van der Waals surface area contributed by atoms with Crippen LogP contribution in [0.1, 0.15) is 45.1 Å². The Balaban J connectivity index is 2.42. The maximum absolute atomic E-state index is 12.7. The minimum absolute atomic E-state index is 0.0654. The molecule has 4 heteroatoms. The molecule has 108 valence electrons. The van der Waals surface area contributed by atoms with Gasteiger partial charge in [-0.25, -0.2) is 0 Å². The number of fused-ring (bicyclic) bond motifs is 1. The van der Waals surface area contributed by atoms with E-state index in [1.54, 1.807) is 0 Å². The highest BCUT2D eigenvalue weighted by Crippen LogP contribution is 2.28. The summed E-state index contributed by atoms with van der Waals surface area (Å²) >= 11 is 0. The lowest BCUT2D eigenvalue weighted by Crippen LogP contribution is -2.36. The predicted octanol–water partition coefficient (Wildman–Crippen LogP) is 3.43. The number of para-hydroxylation sites is 1. The van der Waals surface area contributed by atoms with Crippen molar-refractivity contribution in [2.45, 2.75) is 39.5 Å². The SMILES string of the molecule is CCC(CC)C(=O)N1CCC/C(=N/O)c2ccccc21. The summed E-state index contributed by atoms with van der Waals surface area (Å²) < 4.78 is 0. The largest absolute Gasteiger partial charge is 0.411 e. The Bertz CT molecular complexity index is 507. The molecular weight excluding hydrogens is 252 g/mol. The molecule has 1 aliphatic heterocycles. The zero-order chi connectivity index (χ0) is 14.5. The van der Waals surface area contributed by atoms with Crippen molar-refractivity contribution in [3.63, 3.8) is 0 Å². The summed E-state index contributed by atoms with van der Waals surface area (Å²) in [5.74, 6) is 0.248. The third-order valence-corrected chi connectivity index (χ3v) is 4.02. The van der Waals surface area contributed by atoms with Gasteiger partial charge in [-0.05, 0) is 31.7 Å². The molecule has 0 atom stereocenters. The van der Waals surface area contributed by atoms with Gasteiger partial charge in [0.15, 0.2) is 0 Å². The van der Waals surface area contributed by atoms with E-state index in [4.69, 9.17) is 0 Å². The van der Waals surface area contributed by atoms with Gasteiger partial charge in [0.25, 0.3) is 0 Å². The first-order chi connectivity index (χ1) is 9.72. The summed E-state index contributed by atoms with van der Waals surface area (Å²) in [4.78, 5) is 14.6. The van der Waals surface area contributed by atoms with Crippen LogP contribution in [-0.2, 0) is 4.79 Å². The van der Waals surface area contributed by atoms with Crippen molar-refractivity contribution in [1.82, 2.24) is 0 Å². The van der Waals surface area contributed by atoms with Gasteiger partial charge < -0.3 is 10.1 Å². The Hall–Kier alpha value is -1.84. The summed E-state index contributed by atoms with van der Waals surface area (Å²) in [7, 11) is 0. The fourth-order valence-electron chi connectivity index (χ4n) is 2.80. The molecule has 0 unspecified atom stereocenters. The molecule has 1 N–H and O–H groups in total. The molecule has 0 aromatic heterocycles. The number of rotatable bonds is 3. The van der Waals surface area contributed by atoms with Gasteiger partial charge in [-0.3, -0.25) is 4.79 Å². The summed E-state index contributed by atoms with van der Waals surface area (Å²) in [5, 5.41) is 12.6. The lowest BCUT2D eigenvalue weighted by atomic mass is 10.0. The van der Waals surface area contributed by atoms with Crippen LogP contribution in [0.3, 0.4) is 0 Å². The number of anilines is 1. The van der Waals surface area contributed by atoms with Gasteiger partial charge in [-0.2, -0.15) is 0 Å². The van der Waals surface area contributed by atoms with Crippen molar-refractivity contribution >= 4 is 17.3 Å². The molecule has 0 fully saturated rings. The lowest BCUT2D eigenvalue weighted by molar-refractivity contribution is -0.122. The van der Waals surface area contributed by atoms with E-state index in [0.29, 0.717) is 18.7 Å². The lowest BCUT2D eigenvalue weighted by Gasteiger charge is -2.26. The number of benzene rings is 1. The van der Waals surface area contributed by atoms with Crippen molar-refractivity contribution in [1.29, 1.82) is 0 Å². The molecular formula is C16H22N2O2. The Morgan fingerprint density at radius 3 is 2.70 bits per heavy atom. The second-order valence-corrected chi connectivity index (χ2v) is 5.17. The van der Waals surface area contributed by atoms with Crippen LogP contribution in [0, 0.1) is 5.92 Å². The van der Waals surface area contributed by atoms with Crippen LogP contribution in [0.5, 0.6) is 0 Å². The van der Waals surface area contributed by atoms with Crippen LogP contribution in [0.15, 0.2) is 29.4 Å². The normalized spacial score (nSPS) is 17.1. The van der Waals surface area contributed by atoms with E-state index in [1.165, 1.54) is 0 Å². The van der Waals surface area contributed by atoms with Gasteiger partial charge in [0, 0.05) is 18.0 Å². The van der Waals surface area contributed by atoms with Crippen LogP contribution in [0.25, 0.3) is 0 Å². The summed E-state index contributed by atoms with van der Waals surface area (Å²) in [6.45, 7) is 4.79. The first kappa shape index (κ1) is 14.6. The van der Waals surface area contributed by atoms with Crippen molar-refractivity contribution in [2.75, 3.05) is 11.4 Å². The number of amides is 1. The molecule has 20 heavy (non-hydrogen) atoms. The van der Waals surface area contributed by atoms with Crippen LogP contribution >= 0.6 is 0 Å². The van der Waals surface area contributed by atoms with Gasteiger partial charge in [0.2, 0.25) is 5.91 Å². The van der Waals surface area contributed by atoms with Crippen LogP contribution < -0.4 is 4.90 Å². The number of carbonyl (C=O) groups excluding carboxylic acids is 1. The first-order valence-corrected chi connectivity index (χ1v) is 7.34. The van der Waals surface area contributed by atoms with E-state index >= 15 is 0 Å². The minimum Gasteiger partial charge on any atom is -0.411 e. The van der Waals surface area contributed by atoms with Crippen molar-refractivity contribution < 1.29 is 10.0 Å². The molecule has 1 heterocycles. The molecule has 0 saturated carbocycles. The average molecular weight is 274 g/mol. The summed E-state index contributed by atoms with van der Waals surface area (Å²) in [6.07, 6.45) is 3.23. The van der Waals surface area contributed by atoms with E-state index in [-0.39, 0.29) is 11.8 Å². The molecule has 0 aliphatic carbocycles. The molecule has 0 radical (unpaired) electrons. The molecule has 1 aromatic rings. The number of oxime groups is 1. The first-order valence-electron chi connectivity index (χ1n) is 7.34. The Labute approximate surface area is 120 Å². The monoisotopic (exact) mass is 274 g/mol. The average Bonchev–Trinajstić information content (AvgIpc) is 2.67. The fourth-order valence-corrected chi connectivity index (χ4v) is 2.80. The molecule has 4 nitrogen and oxygen atoms in total. The molecule has 2 rings (SSSR count). The highest BCUT2D eigenvalue weighted by atomic mass is 16.4. The van der Waals surface area contributed by atoms with Gasteiger partial charge in [0.05, 0.1) is 11.4 Å². The van der Waals surface area contributed by atoms with Gasteiger partial charge in [0.1, 0.15) is 0 Å². The third-order valence-electron chi connectivity index (χ3n) is 4.02. The molecule has 0 bridgehead atoms. The predicted molar refractivity (Wildman–Crippen MR) is 80.4 cm³/mol. The third kappa shape index (κ3) is 2.69. The van der Waals surface area contributed by atoms with Crippen molar-refractivity contribution in [3.8, 4) is 0 Å². The molecule has 1 amide bonds.